The van der Waals surface area contributed by atoms with Gasteiger partial charge < -0.3 is 14.2 Å². The lowest BCUT2D eigenvalue weighted by molar-refractivity contribution is -0.0160. The van der Waals surface area contributed by atoms with Gasteiger partial charge in [-0.3, -0.25) is 0 Å². The van der Waals surface area contributed by atoms with Crippen molar-refractivity contribution in [2.75, 3.05) is 7.11 Å². The highest BCUT2D eigenvalue weighted by Crippen LogP contribution is 2.19. The van der Waals surface area contributed by atoms with Crippen LogP contribution in [-0.2, 0) is 29.1 Å². The fourth-order valence-corrected chi connectivity index (χ4v) is 3.45. The highest BCUT2D eigenvalue weighted by molar-refractivity contribution is 5.27. The molecule has 3 aromatic carbocycles. The van der Waals surface area contributed by atoms with E-state index in [4.69, 9.17) is 14.2 Å². The lowest BCUT2D eigenvalue weighted by atomic mass is 10.0. The first kappa shape index (κ1) is 22.8. The van der Waals surface area contributed by atoms with Gasteiger partial charge in [0.2, 0.25) is 0 Å². The summed E-state index contributed by atoms with van der Waals surface area (Å²) < 4.78 is 17.7. The normalized spacial score (nSPS) is 12.8. The van der Waals surface area contributed by atoms with Gasteiger partial charge in [0.15, 0.2) is 0 Å². The molecule has 3 nitrogen and oxygen atoms in total. The molecule has 0 spiro atoms. The molecule has 0 unspecified atom stereocenters. The van der Waals surface area contributed by atoms with Crippen molar-refractivity contribution in [3.8, 4) is 5.75 Å². The molecule has 0 saturated carbocycles. The van der Waals surface area contributed by atoms with Gasteiger partial charge in [-0.2, -0.15) is 0 Å². The molecule has 3 aromatic rings. The van der Waals surface area contributed by atoms with Crippen LogP contribution in [0.25, 0.3) is 0 Å². The van der Waals surface area contributed by atoms with Crippen molar-refractivity contribution < 1.29 is 14.2 Å². The molecule has 0 radical (unpaired) electrons. The zero-order valence-electron chi connectivity index (χ0n) is 18.3. The second-order valence-electron chi connectivity index (χ2n) is 7.61. The van der Waals surface area contributed by atoms with Crippen LogP contribution in [0.3, 0.4) is 0 Å². The molecule has 0 aromatic heterocycles. The van der Waals surface area contributed by atoms with Gasteiger partial charge in [-0.15, -0.1) is 6.58 Å². The molecule has 31 heavy (non-hydrogen) atoms. The molecule has 3 rings (SSSR count). The Balaban J connectivity index is 1.59. The van der Waals surface area contributed by atoms with Crippen LogP contribution in [0.15, 0.2) is 97.6 Å². The minimum Gasteiger partial charge on any atom is -0.497 e. The van der Waals surface area contributed by atoms with Gasteiger partial charge in [-0.1, -0.05) is 78.9 Å². The van der Waals surface area contributed by atoms with Crippen molar-refractivity contribution in [2.24, 2.45) is 0 Å². The summed E-state index contributed by atoms with van der Waals surface area (Å²) in [6.07, 6.45) is 4.52. The Kier molecular flexibility index (Phi) is 9.36. The molecule has 0 fully saturated rings. The molecule has 0 heterocycles. The van der Waals surface area contributed by atoms with E-state index in [0.29, 0.717) is 13.2 Å². The maximum Gasteiger partial charge on any atom is 0.118 e. The van der Waals surface area contributed by atoms with Crippen molar-refractivity contribution in [3.05, 3.63) is 114 Å². The highest BCUT2D eigenvalue weighted by atomic mass is 16.5. The fraction of sp³-hybridized carbons (Fsp3) is 0.286. The molecule has 162 valence electrons. The molecule has 0 saturated heterocycles. The first-order valence-corrected chi connectivity index (χ1v) is 10.8. The third-order valence-electron chi connectivity index (χ3n) is 5.31. The van der Waals surface area contributed by atoms with Crippen molar-refractivity contribution in [3.63, 3.8) is 0 Å². The third kappa shape index (κ3) is 8.05. The predicted molar refractivity (Wildman–Crippen MR) is 126 cm³/mol. The summed E-state index contributed by atoms with van der Waals surface area (Å²) in [5, 5.41) is 0. The summed E-state index contributed by atoms with van der Waals surface area (Å²) in [6.45, 7) is 5.15. The Labute approximate surface area is 186 Å². The Morgan fingerprint density at radius 2 is 1.32 bits per heavy atom. The number of benzene rings is 3. The van der Waals surface area contributed by atoms with E-state index in [2.05, 4.69) is 43.0 Å². The predicted octanol–water partition coefficient (Wildman–Crippen LogP) is 6.37. The van der Waals surface area contributed by atoms with Crippen molar-refractivity contribution in [1.29, 1.82) is 0 Å². The van der Waals surface area contributed by atoms with Crippen LogP contribution in [0.2, 0.25) is 0 Å². The lowest BCUT2D eigenvalue weighted by Crippen LogP contribution is -2.22. The SMILES string of the molecule is C=C[C@H](C[C@@H](CCc1ccc(OC)cc1)OCc1ccccc1)OCc1ccccc1. The molecule has 3 heteroatoms. The van der Waals surface area contributed by atoms with E-state index < -0.39 is 0 Å². The summed E-state index contributed by atoms with van der Waals surface area (Å²) >= 11 is 0. The monoisotopic (exact) mass is 416 g/mol. The van der Waals surface area contributed by atoms with Gasteiger partial charge in [-0.25, -0.2) is 0 Å². The summed E-state index contributed by atoms with van der Waals surface area (Å²) in [5.41, 5.74) is 3.61. The third-order valence-corrected chi connectivity index (χ3v) is 5.31. The number of rotatable bonds is 13. The molecule has 0 aliphatic rings. The van der Waals surface area contributed by atoms with E-state index in [1.165, 1.54) is 11.1 Å². The quantitative estimate of drug-likeness (QED) is 0.303. The standard InChI is InChI=1S/C28H32O3/c1-3-26(30-21-24-10-6-4-7-11-24)20-28(31-22-25-12-8-5-9-13-25)19-16-23-14-17-27(29-2)18-15-23/h3-15,17-18,26,28H,1,16,19-22H2,2H3/t26-,28-/m1/s1. The van der Waals surface area contributed by atoms with Gasteiger partial charge in [0.25, 0.3) is 0 Å². The zero-order valence-corrected chi connectivity index (χ0v) is 18.3. The van der Waals surface area contributed by atoms with Crippen LogP contribution in [0.5, 0.6) is 5.75 Å². The molecular formula is C28H32O3. The molecule has 0 aliphatic carbocycles. The van der Waals surface area contributed by atoms with Crippen molar-refractivity contribution in [2.45, 2.75) is 44.7 Å². The number of hydrogen-bond donors (Lipinski definition) is 0. The number of methoxy groups -OCH3 is 1. The average molecular weight is 417 g/mol. The molecule has 2 atom stereocenters. The maximum absolute atomic E-state index is 6.33. The minimum atomic E-state index is -0.0585. The minimum absolute atomic E-state index is 0.0585. The van der Waals surface area contributed by atoms with Crippen LogP contribution in [0, 0.1) is 0 Å². The van der Waals surface area contributed by atoms with Gasteiger partial charge in [-0.05, 0) is 41.7 Å². The van der Waals surface area contributed by atoms with Gasteiger partial charge in [0.1, 0.15) is 5.75 Å². The van der Waals surface area contributed by atoms with Crippen LogP contribution >= 0.6 is 0 Å². The van der Waals surface area contributed by atoms with Crippen LogP contribution in [-0.4, -0.2) is 19.3 Å². The van der Waals surface area contributed by atoms with E-state index in [1.54, 1.807) is 7.11 Å². The topological polar surface area (TPSA) is 27.7 Å². The van der Waals surface area contributed by atoms with E-state index in [-0.39, 0.29) is 12.2 Å². The lowest BCUT2D eigenvalue weighted by Gasteiger charge is -2.23. The summed E-state index contributed by atoms with van der Waals surface area (Å²) in [4.78, 5) is 0. The van der Waals surface area contributed by atoms with E-state index in [1.807, 2.05) is 54.6 Å². The van der Waals surface area contributed by atoms with E-state index >= 15 is 0 Å². The molecule has 0 aliphatic heterocycles. The van der Waals surface area contributed by atoms with Crippen LogP contribution in [0.4, 0.5) is 0 Å². The first-order chi connectivity index (χ1) is 15.3. The van der Waals surface area contributed by atoms with E-state index in [9.17, 15) is 0 Å². The number of ether oxygens (including phenoxy) is 3. The van der Waals surface area contributed by atoms with Crippen LogP contribution < -0.4 is 4.74 Å². The van der Waals surface area contributed by atoms with Crippen molar-refractivity contribution >= 4 is 0 Å². The molecule has 0 N–H and O–H groups in total. The van der Waals surface area contributed by atoms with Gasteiger partial charge in [0, 0.05) is 6.42 Å². The number of aryl methyl sites for hydroxylation is 1. The fourth-order valence-electron chi connectivity index (χ4n) is 3.45. The first-order valence-electron chi connectivity index (χ1n) is 10.8. The highest BCUT2D eigenvalue weighted by Gasteiger charge is 2.16. The van der Waals surface area contributed by atoms with E-state index in [0.717, 1.165) is 30.6 Å². The Morgan fingerprint density at radius 1 is 0.742 bits per heavy atom. The summed E-state index contributed by atoms with van der Waals surface area (Å²) in [6, 6.07) is 28.8. The zero-order chi connectivity index (χ0) is 21.7. The molecule has 0 bridgehead atoms. The molecule has 0 amide bonds. The largest absolute Gasteiger partial charge is 0.497 e. The summed E-state index contributed by atoms with van der Waals surface area (Å²) in [7, 11) is 1.69. The Bertz CT molecular complexity index is 875. The Morgan fingerprint density at radius 3 is 1.87 bits per heavy atom. The summed E-state index contributed by atoms with van der Waals surface area (Å²) in [5.74, 6) is 0.877. The average Bonchev–Trinajstić information content (AvgIpc) is 2.84. The molecular weight excluding hydrogens is 384 g/mol. The second kappa shape index (κ2) is 12.7. The van der Waals surface area contributed by atoms with Gasteiger partial charge in [0.05, 0.1) is 32.5 Å². The Hall–Kier alpha value is -2.88. The smallest absolute Gasteiger partial charge is 0.118 e. The van der Waals surface area contributed by atoms with Gasteiger partial charge >= 0.3 is 0 Å². The van der Waals surface area contributed by atoms with Crippen molar-refractivity contribution in [1.82, 2.24) is 0 Å². The van der Waals surface area contributed by atoms with Crippen LogP contribution in [0.1, 0.15) is 29.5 Å². The maximum atomic E-state index is 6.33. The second-order valence-corrected chi connectivity index (χ2v) is 7.61. The number of hydrogen-bond acceptors (Lipinski definition) is 3.